The van der Waals surface area contributed by atoms with Crippen molar-refractivity contribution >= 4 is 28.7 Å². The predicted octanol–water partition coefficient (Wildman–Crippen LogP) is 1.19. The number of rotatable bonds is 2. The van der Waals surface area contributed by atoms with E-state index in [1.807, 2.05) is 0 Å². The molecule has 4 rings (SSSR count). The Bertz CT molecular complexity index is 1190. The summed E-state index contributed by atoms with van der Waals surface area (Å²) in [6.07, 6.45) is 0.0376. The molecule has 5 N–H and O–H groups in total. The quantitative estimate of drug-likeness (QED) is 0.257. The number of aliphatic hydroxyl groups excluding tert-OH is 2. The van der Waals surface area contributed by atoms with Crippen LogP contribution in [0.5, 0.6) is 5.75 Å². The van der Waals surface area contributed by atoms with Crippen molar-refractivity contribution in [2.24, 2.45) is 17.0 Å². The number of aliphatic hydroxyl groups is 3. The summed E-state index contributed by atoms with van der Waals surface area (Å²) in [6.45, 7) is 0.973. The number of anilines is 1. The summed E-state index contributed by atoms with van der Waals surface area (Å²) in [7, 11) is 3.53. The molecular formula is C22H22N2O8. The van der Waals surface area contributed by atoms with Gasteiger partial charge in [0.05, 0.1) is 11.5 Å². The molecule has 0 amide bonds. The van der Waals surface area contributed by atoms with Gasteiger partial charge in [-0.15, -0.1) is 0 Å². The maximum absolute atomic E-state index is 13.4. The molecular weight excluding hydrogens is 420 g/mol. The Morgan fingerprint density at radius 1 is 1.19 bits per heavy atom. The van der Waals surface area contributed by atoms with Crippen LogP contribution in [0.3, 0.4) is 0 Å². The van der Waals surface area contributed by atoms with E-state index in [1.165, 1.54) is 6.07 Å². The number of hydrogen-bond acceptors (Lipinski definition) is 10. The second-order valence-corrected chi connectivity index (χ2v) is 8.49. The van der Waals surface area contributed by atoms with E-state index >= 15 is 0 Å². The van der Waals surface area contributed by atoms with E-state index in [1.54, 1.807) is 25.1 Å². The Kier molecular flexibility index (Phi) is 4.67. The van der Waals surface area contributed by atoms with Gasteiger partial charge >= 0.3 is 0 Å². The van der Waals surface area contributed by atoms with E-state index in [0.717, 1.165) is 6.92 Å². The zero-order chi connectivity index (χ0) is 23.7. The number of oxime groups is 1. The van der Waals surface area contributed by atoms with Crippen molar-refractivity contribution in [3.8, 4) is 5.75 Å². The molecule has 1 aromatic rings. The third-order valence-electron chi connectivity index (χ3n) is 6.56. The number of fused-ring (bicyclic) bond motifs is 3. The van der Waals surface area contributed by atoms with Crippen LogP contribution in [0.1, 0.15) is 29.3 Å². The number of nitrogens with zero attached hydrogens (tertiary/aromatic N) is 2. The maximum Gasteiger partial charge on any atom is 0.210 e. The van der Waals surface area contributed by atoms with Crippen LogP contribution < -0.4 is 4.90 Å². The molecule has 3 atom stereocenters. The molecule has 1 aromatic carbocycles. The van der Waals surface area contributed by atoms with E-state index in [4.69, 9.17) is 0 Å². The summed E-state index contributed by atoms with van der Waals surface area (Å²) in [5, 5.41) is 55.6. The number of ketones is 3. The molecule has 2 unspecified atom stereocenters. The molecule has 0 radical (unpaired) electrons. The largest absolute Gasteiger partial charge is 0.508 e. The zero-order valence-corrected chi connectivity index (χ0v) is 17.6. The van der Waals surface area contributed by atoms with E-state index in [0.29, 0.717) is 11.3 Å². The number of phenolic OH excluding ortho intramolecular Hbond substituents is 1. The van der Waals surface area contributed by atoms with Gasteiger partial charge in [0.2, 0.25) is 5.78 Å². The molecule has 0 fully saturated rings. The minimum Gasteiger partial charge on any atom is -0.508 e. The van der Waals surface area contributed by atoms with Gasteiger partial charge in [-0.25, -0.2) is 0 Å². The number of phenols is 1. The van der Waals surface area contributed by atoms with Gasteiger partial charge in [0.25, 0.3) is 0 Å². The van der Waals surface area contributed by atoms with Crippen LogP contribution in [0.15, 0.2) is 40.0 Å². The van der Waals surface area contributed by atoms with Crippen molar-refractivity contribution in [1.29, 1.82) is 0 Å². The Morgan fingerprint density at radius 3 is 2.41 bits per heavy atom. The van der Waals surface area contributed by atoms with Crippen molar-refractivity contribution in [2.45, 2.75) is 25.4 Å². The predicted molar refractivity (Wildman–Crippen MR) is 111 cm³/mol. The highest BCUT2D eigenvalue weighted by atomic mass is 16.4. The topological polar surface area (TPSA) is 168 Å². The van der Waals surface area contributed by atoms with Gasteiger partial charge in [-0.2, -0.15) is 0 Å². The number of allylic oxidation sites excluding steroid dienone is 2. The first-order valence-corrected chi connectivity index (χ1v) is 9.90. The number of hydrogen-bond donors (Lipinski definition) is 5. The molecule has 0 spiro atoms. The summed E-state index contributed by atoms with van der Waals surface area (Å²) in [5.41, 5.74) is -3.22. The smallest absolute Gasteiger partial charge is 0.210 e. The van der Waals surface area contributed by atoms with Gasteiger partial charge in [-0.05, 0) is 43.4 Å². The molecule has 3 aliphatic carbocycles. The lowest BCUT2D eigenvalue weighted by Gasteiger charge is -2.45. The Morgan fingerprint density at radius 2 is 1.84 bits per heavy atom. The molecule has 0 aliphatic heterocycles. The lowest BCUT2D eigenvalue weighted by molar-refractivity contribution is -0.139. The van der Waals surface area contributed by atoms with E-state index in [-0.39, 0.29) is 29.7 Å². The Balaban J connectivity index is 1.99. The van der Waals surface area contributed by atoms with Crippen molar-refractivity contribution in [3.05, 3.63) is 45.9 Å². The lowest BCUT2D eigenvalue weighted by atomic mass is 9.59. The number of carbonyl (C=O) groups excluding carboxylic acids is 3. The van der Waals surface area contributed by atoms with Crippen LogP contribution in [-0.4, -0.2) is 68.4 Å². The third kappa shape index (κ3) is 2.56. The van der Waals surface area contributed by atoms with E-state index in [2.05, 4.69) is 5.16 Å². The maximum atomic E-state index is 13.4. The molecule has 0 aromatic heterocycles. The molecule has 3 aliphatic rings. The standard InChI is InChI=1S/C22H22N2O8/c1-8(25)14-19(28)17(23-32)11-7-9-6-10-12(24(2)3)4-5-13(26)16(10)18(27)15(9)21(30)22(11,31)20(14)29/h4-5,9,11,26,28,30-32H,6-7H2,1-3H3/b23-17+/t9?,11?,22-/m1/s1. The van der Waals surface area contributed by atoms with Gasteiger partial charge in [0.15, 0.2) is 22.9 Å². The molecule has 0 saturated carbocycles. The second-order valence-electron chi connectivity index (χ2n) is 8.49. The fourth-order valence-corrected chi connectivity index (χ4v) is 5.11. The van der Waals surface area contributed by atoms with Gasteiger partial charge in [-0.1, -0.05) is 5.16 Å². The number of benzene rings is 1. The molecule has 0 bridgehead atoms. The van der Waals surface area contributed by atoms with Crippen molar-refractivity contribution in [2.75, 3.05) is 19.0 Å². The van der Waals surface area contributed by atoms with Crippen LogP contribution in [0.4, 0.5) is 5.69 Å². The van der Waals surface area contributed by atoms with Crippen molar-refractivity contribution < 1.29 is 40.0 Å². The van der Waals surface area contributed by atoms with Crippen LogP contribution in [0.2, 0.25) is 0 Å². The summed E-state index contributed by atoms with van der Waals surface area (Å²) >= 11 is 0. The fraction of sp³-hybridized carbons (Fsp3) is 0.364. The van der Waals surface area contributed by atoms with Crippen LogP contribution in [-0.2, 0) is 16.0 Å². The number of carbonyl (C=O) groups is 3. The molecule has 32 heavy (non-hydrogen) atoms. The highest BCUT2D eigenvalue weighted by molar-refractivity contribution is 6.31. The Hall–Kier alpha value is -3.66. The summed E-state index contributed by atoms with van der Waals surface area (Å²) in [5.74, 6) is -7.20. The zero-order valence-electron chi connectivity index (χ0n) is 17.6. The van der Waals surface area contributed by atoms with Crippen LogP contribution >= 0.6 is 0 Å². The first-order valence-electron chi connectivity index (χ1n) is 9.90. The number of Topliss-reactive ketones (excluding diaryl/α,β-unsaturated/α-hetero) is 3. The van der Waals surface area contributed by atoms with Gasteiger partial charge in [0.1, 0.15) is 22.8 Å². The van der Waals surface area contributed by atoms with Gasteiger partial charge < -0.3 is 30.5 Å². The number of aromatic hydroxyl groups is 1. The van der Waals surface area contributed by atoms with Gasteiger partial charge in [-0.3, -0.25) is 14.4 Å². The van der Waals surface area contributed by atoms with E-state index in [9.17, 15) is 40.0 Å². The normalized spacial score (nSPS) is 28.4. The first kappa shape index (κ1) is 21.6. The van der Waals surface area contributed by atoms with Crippen LogP contribution in [0, 0.1) is 11.8 Å². The third-order valence-corrected chi connectivity index (χ3v) is 6.56. The first-order chi connectivity index (χ1) is 15.0. The molecule has 168 valence electrons. The minimum atomic E-state index is -2.78. The summed E-state index contributed by atoms with van der Waals surface area (Å²) in [4.78, 5) is 40.2. The second kappa shape index (κ2) is 6.92. The molecule has 10 heteroatoms. The SMILES string of the molecule is CC(=O)C1=C(O)/C(=N/O)C2CC3Cc4c(N(C)C)ccc(O)c4C(=O)C3=C(O)[C@]2(O)C1=O. The average molecular weight is 442 g/mol. The molecule has 0 saturated heterocycles. The van der Waals surface area contributed by atoms with Crippen molar-refractivity contribution in [1.82, 2.24) is 0 Å². The lowest BCUT2D eigenvalue weighted by Crippen LogP contribution is -2.59. The highest BCUT2D eigenvalue weighted by Gasteiger charge is 2.62. The van der Waals surface area contributed by atoms with E-state index < -0.39 is 57.6 Å². The fourth-order valence-electron chi connectivity index (χ4n) is 5.11. The minimum absolute atomic E-state index is 0.0412. The summed E-state index contributed by atoms with van der Waals surface area (Å²) < 4.78 is 0. The average Bonchev–Trinajstić information content (AvgIpc) is 2.70. The van der Waals surface area contributed by atoms with Crippen molar-refractivity contribution in [3.63, 3.8) is 0 Å². The van der Waals surface area contributed by atoms with Gasteiger partial charge in [0, 0.05) is 25.4 Å². The Labute approximate surface area is 182 Å². The molecule has 10 nitrogen and oxygen atoms in total. The molecule has 0 heterocycles. The van der Waals surface area contributed by atoms with Crippen LogP contribution in [0.25, 0.3) is 0 Å². The summed E-state index contributed by atoms with van der Waals surface area (Å²) in [6, 6.07) is 2.99. The monoisotopic (exact) mass is 442 g/mol. The highest BCUT2D eigenvalue weighted by Crippen LogP contribution is 2.51.